The first-order chi connectivity index (χ1) is 10.0. The molecular weight excluding hydrogens is 290 g/mol. The van der Waals surface area contributed by atoms with Crippen molar-refractivity contribution in [1.29, 1.82) is 0 Å². The van der Waals surface area contributed by atoms with Crippen LogP contribution in [0.1, 0.15) is 30.7 Å². The smallest absolute Gasteiger partial charge is 0.246 e. The van der Waals surface area contributed by atoms with Gasteiger partial charge in [0.25, 0.3) is 0 Å². The molecule has 114 valence electrons. The molecular formula is C13H19N5O2S. The van der Waals surface area contributed by atoms with Crippen molar-refractivity contribution in [3.8, 4) is 0 Å². The summed E-state index contributed by atoms with van der Waals surface area (Å²) in [5.41, 5.74) is 1.69. The van der Waals surface area contributed by atoms with Crippen LogP contribution in [0, 0.1) is 6.92 Å². The second kappa shape index (κ2) is 5.27. The maximum atomic E-state index is 12.7. The molecule has 3 heterocycles. The van der Waals surface area contributed by atoms with Gasteiger partial charge in [0.2, 0.25) is 10.0 Å². The van der Waals surface area contributed by atoms with E-state index < -0.39 is 10.0 Å². The Morgan fingerprint density at radius 1 is 1.48 bits per heavy atom. The molecule has 1 N–H and O–H groups in total. The van der Waals surface area contributed by atoms with Crippen LogP contribution in [0.4, 0.5) is 0 Å². The van der Waals surface area contributed by atoms with E-state index in [0.29, 0.717) is 30.2 Å². The maximum Gasteiger partial charge on any atom is 0.246 e. The summed E-state index contributed by atoms with van der Waals surface area (Å²) in [6, 6.07) is 1.90. The molecule has 0 spiro atoms. The topological polar surface area (TPSA) is 83.9 Å². The van der Waals surface area contributed by atoms with E-state index in [1.807, 2.05) is 13.0 Å². The van der Waals surface area contributed by atoms with Crippen LogP contribution in [0.15, 0.2) is 23.4 Å². The molecule has 3 rings (SSSR count). The van der Waals surface area contributed by atoms with Gasteiger partial charge in [-0.15, -0.1) is 0 Å². The highest BCUT2D eigenvalue weighted by molar-refractivity contribution is 7.89. The van der Waals surface area contributed by atoms with Crippen LogP contribution in [0.5, 0.6) is 0 Å². The third-order valence-corrected chi connectivity index (χ3v) is 6.06. The lowest BCUT2D eigenvalue weighted by atomic mass is 10.1. The highest BCUT2D eigenvalue weighted by Gasteiger charge is 2.35. The molecule has 1 aliphatic heterocycles. The van der Waals surface area contributed by atoms with Gasteiger partial charge in [-0.3, -0.25) is 9.78 Å². The van der Waals surface area contributed by atoms with Gasteiger partial charge in [-0.25, -0.2) is 8.42 Å². The van der Waals surface area contributed by atoms with E-state index in [1.54, 1.807) is 22.1 Å². The zero-order valence-corrected chi connectivity index (χ0v) is 13.0. The Labute approximate surface area is 124 Å². The summed E-state index contributed by atoms with van der Waals surface area (Å²) in [6.07, 6.45) is 3.96. The number of nitrogens with one attached hydrogen (secondary N) is 1. The molecule has 0 aromatic carbocycles. The highest BCUT2D eigenvalue weighted by Crippen LogP contribution is 2.30. The molecule has 2 aromatic rings. The van der Waals surface area contributed by atoms with Crippen LogP contribution in [0.3, 0.4) is 0 Å². The zero-order chi connectivity index (χ0) is 15.0. The minimum Gasteiger partial charge on any atom is -0.282 e. The molecule has 1 fully saturated rings. The molecule has 0 bridgehead atoms. The first-order valence-corrected chi connectivity index (χ1v) is 8.50. The molecule has 2 aromatic heterocycles. The van der Waals surface area contributed by atoms with Crippen molar-refractivity contribution in [3.63, 3.8) is 0 Å². The summed E-state index contributed by atoms with van der Waals surface area (Å²) in [5, 5.41) is 11.0. The summed E-state index contributed by atoms with van der Waals surface area (Å²) in [5.74, 6) is 0.184. The van der Waals surface area contributed by atoms with Crippen LogP contribution >= 0.6 is 0 Å². The van der Waals surface area contributed by atoms with Gasteiger partial charge in [-0.05, 0) is 26.3 Å². The van der Waals surface area contributed by atoms with Crippen LogP contribution < -0.4 is 0 Å². The molecule has 0 saturated carbocycles. The summed E-state index contributed by atoms with van der Waals surface area (Å²) in [7, 11) is -3.47. The number of sulfonamides is 1. The van der Waals surface area contributed by atoms with Crippen molar-refractivity contribution >= 4 is 10.0 Å². The van der Waals surface area contributed by atoms with Crippen LogP contribution in [0.25, 0.3) is 0 Å². The fraction of sp³-hybridized carbons (Fsp3) is 0.538. The molecule has 1 aliphatic rings. The summed E-state index contributed by atoms with van der Waals surface area (Å²) < 4.78 is 28.7. The lowest BCUT2D eigenvalue weighted by Gasteiger charge is -2.16. The standard InChI is InChI=1S/C13H19N5O2S/c1-3-18-10(2)13(8-15-18)21(19,20)17-7-5-11(9-17)12-4-6-14-16-12/h4,6,8,11H,3,5,7,9H2,1-2H3,(H,14,16)/t11-/m0/s1. The summed E-state index contributed by atoms with van der Waals surface area (Å²) in [6.45, 7) is 5.43. The third kappa shape index (κ3) is 2.38. The Morgan fingerprint density at radius 3 is 2.90 bits per heavy atom. The number of aromatic nitrogens is 4. The van der Waals surface area contributed by atoms with Gasteiger partial charge < -0.3 is 0 Å². The van der Waals surface area contributed by atoms with Gasteiger partial charge in [0.15, 0.2) is 0 Å². The van der Waals surface area contributed by atoms with E-state index in [2.05, 4.69) is 15.3 Å². The van der Waals surface area contributed by atoms with E-state index >= 15 is 0 Å². The second-order valence-electron chi connectivity index (χ2n) is 5.27. The fourth-order valence-corrected chi connectivity index (χ4v) is 4.49. The third-order valence-electron chi connectivity index (χ3n) is 4.09. The molecule has 1 atom stereocenters. The Hall–Kier alpha value is -1.67. The minimum atomic E-state index is -3.47. The first kappa shape index (κ1) is 14.3. The number of aromatic amines is 1. The van der Waals surface area contributed by atoms with Crippen molar-refractivity contribution < 1.29 is 8.42 Å². The lowest BCUT2D eigenvalue weighted by molar-refractivity contribution is 0.471. The fourth-order valence-electron chi connectivity index (χ4n) is 2.83. The highest BCUT2D eigenvalue weighted by atomic mass is 32.2. The average Bonchev–Trinajstić information content (AvgIpc) is 3.18. The molecule has 0 aliphatic carbocycles. The number of H-pyrrole nitrogens is 1. The predicted molar refractivity (Wildman–Crippen MR) is 77.3 cm³/mol. The largest absolute Gasteiger partial charge is 0.282 e. The summed E-state index contributed by atoms with van der Waals surface area (Å²) >= 11 is 0. The van der Waals surface area contributed by atoms with Crippen molar-refractivity contribution in [2.24, 2.45) is 0 Å². The van der Waals surface area contributed by atoms with Crippen LogP contribution in [-0.2, 0) is 16.6 Å². The van der Waals surface area contributed by atoms with Crippen molar-refractivity contribution in [2.75, 3.05) is 13.1 Å². The van der Waals surface area contributed by atoms with Crippen molar-refractivity contribution in [2.45, 2.75) is 37.6 Å². The maximum absolute atomic E-state index is 12.7. The Kier molecular flexibility index (Phi) is 3.58. The molecule has 0 amide bonds. The number of nitrogens with zero attached hydrogens (tertiary/aromatic N) is 4. The van der Waals surface area contributed by atoms with E-state index in [4.69, 9.17) is 0 Å². The minimum absolute atomic E-state index is 0.184. The van der Waals surface area contributed by atoms with Gasteiger partial charge in [-0.2, -0.15) is 14.5 Å². The Balaban J connectivity index is 1.84. The van der Waals surface area contributed by atoms with E-state index in [0.717, 1.165) is 12.1 Å². The van der Waals surface area contributed by atoms with Crippen LogP contribution in [-0.4, -0.2) is 45.8 Å². The average molecular weight is 309 g/mol. The quantitative estimate of drug-likeness (QED) is 0.917. The first-order valence-electron chi connectivity index (χ1n) is 7.06. The number of rotatable bonds is 4. The molecule has 0 radical (unpaired) electrons. The molecule has 1 saturated heterocycles. The molecule has 7 nitrogen and oxygen atoms in total. The Bertz CT molecular complexity index is 720. The zero-order valence-electron chi connectivity index (χ0n) is 12.2. The SMILES string of the molecule is CCn1ncc(S(=O)(=O)N2CC[C@H](c3ccn[nH]3)C2)c1C. The molecule has 0 unspecified atom stereocenters. The monoisotopic (exact) mass is 309 g/mol. The van der Waals surface area contributed by atoms with Gasteiger partial charge >= 0.3 is 0 Å². The van der Waals surface area contributed by atoms with Crippen LogP contribution in [0.2, 0.25) is 0 Å². The Morgan fingerprint density at radius 2 is 2.29 bits per heavy atom. The number of aryl methyl sites for hydroxylation is 1. The lowest BCUT2D eigenvalue weighted by Crippen LogP contribution is -2.29. The van der Waals surface area contributed by atoms with Crippen molar-refractivity contribution in [1.82, 2.24) is 24.3 Å². The predicted octanol–water partition coefficient (Wildman–Crippen LogP) is 1.11. The number of hydrogen-bond donors (Lipinski definition) is 1. The van der Waals surface area contributed by atoms with E-state index in [9.17, 15) is 8.42 Å². The van der Waals surface area contributed by atoms with E-state index in [1.165, 1.54) is 6.20 Å². The second-order valence-corrected chi connectivity index (χ2v) is 7.18. The van der Waals surface area contributed by atoms with Gasteiger partial charge in [0.05, 0.1) is 11.9 Å². The van der Waals surface area contributed by atoms with Gasteiger partial charge in [-0.1, -0.05) is 0 Å². The molecule has 21 heavy (non-hydrogen) atoms. The normalized spacial score (nSPS) is 20.2. The van der Waals surface area contributed by atoms with E-state index in [-0.39, 0.29) is 5.92 Å². The number of hydrogen-bond acceptors (Lipinski definition) is 4. The van der Waals surface area contributed by atoms with Crippen molar-refractivity contribution in [3.05, 3.63) is 29.8 Å². The molecule has 8 heteroatoms. The summed E-state index contributed by atoms with van der Waals surface area (Å²) in [4.78, 5) is 0.314. The van der Waals surface area contributed by atoms with Gasteiger partial charge in [0.1, 0.15) is 4.90 Å². The van der Waals surface area contributed by atoms with Gasteiger partial charge in [0, 0.05) is 37.4 Å².